The summed E-state index contributed by atoms with van der Waals surface area (Å²) in [6.45, 7) is 1.51. The molecule has 1 atom stereocenters. The molecular weight excluding hydrogens is 371 g/mol. The number of halogens is 5. The third kappa shape index (κ3) is 4.64. The van der Waals surface area contributed by atoms with Crippen LogP contribution in [0.25, 0.3) is 6.08 Å². The molecule has 0 aromatic heterocycles. The van der Waals surface area contributed by atoms with E-state index in [9.17, 15) is 26.7 Å². The van der Waals surface area contributed by atoms with Crippen LogP contribution in [0.4, 0.5) is 22.0 Å². The second-order valence-corrected chi connectivity index (χ2v) is 5.78. The molecule has 144 valence electrons. The Hall–Kier alpha value is -2.90. The fraction of sp³-hybridized carbons (Fsp3) is 0.211. The van der Waals surface area contributed by atoms with E-state index in [1.54, 1.807) is 0 Å². The highest BCUT2D eigenvalue weighted by Crippen LogP contribution is 2.38. The molecule has 0 aliphatic carbocycles. The lowest BCUT2D eigenvalue weighted by molar-refractivity contribution is -0.139. The van der Waals surface area contributed by atoms with E-state index in [1.807, 2.05) is 0 Å². The third-order valence-electron chi connectivity index (χ3n) is 3.90. The summed E-state index contributed by atoms with van der Waals surface area (Å²) in [6, 6.07) is 5.16. The maximum absolute atomic E-state index is 13.8. The lowest BCUT2D eigenvalue weighted by Crippen LogP contribution is -2.19. The van der Waals surface area contributed by atoms with Crippen LogP contribution in [0, 0.1) is 18.6 Å². The lowest BCUT2D eigenvalue weighted by atomic mass is 9.96. The van der Waals surface area contributed by atoms with E-state index in [2.05, 4.69) is 4.74 Å². The summed E-state index contributed by atoms with van der Waals surface area (Å²) in [7, 11) is 1.01. The van der Waals surface area contributed by atoms with E-state index in [1.165, 1.54) is 25.1 Å². The SMILES string of the molecule is COc1c(F)cc(C(C=Cc2ccc(C(=O)O)c(C)c2)C(F)(F)F)cc1F. The molecule has 0 saturated carbocycles. The average Bonchev–Trinajstić information content (AvgIpc) is 2.53. The van der Waals surface area contributed by atoms with Crippen LogP contribution in [0.2, 0.25) is 0 Å². The highest BCUT2D eigenvalue weighted by Gasteiger charge is 2.39. The van der Waals surface area contributed by atoms with Gasteiger partial charge in [0, 0.05) is 0 Å². The summed E-state index contributed by atoms with van der Waals surface area (Å²) in [5, 5.41) is 8.98. The Balaban J connectivity index is 2.43. The van der Waals surface area contributed by atoms with Gasteiger partial charge in [-0.1, -0.05) is 24.3 Å². The minimum absolute atomic E-state index is 0.0267. The fourth-order valence-corrected chi connectivity index (χ4v) is 2.60. The van der Waals surface area contributed by atoms with E-state index in [0.717, 1.165) is 19.3 Å². The zero-order valence-electron chi connectivity index (χ0n) is 14.3. The minimum atomic E-state index is -4.79. The number of carboxylic acids is 1. The number of hydrogen-bond acceptors (Lipinski definition) is 2. The number of allylic oxidation sites excluding steroid dienone is 1. The molecule has 0 heterocycles. The zero-order chi connectivity index (χ0) is 20.4. The van der Waals surface area contributed by atoms with Crippen molar-refractivity contribution in [2.75, 3.05) is 7.11 Å². The standard InChI is InChI=1S/C19H15F5O3/c1-10-7-11(3-5-13(10)18(25)26)4-6-14(19(22,23)24)12-8-15(20)17(27-2)16(21)9-12/h3-9,14H,1-2H3,(H,25,26). The molecule has 2 aromatic rings. The van der Waals surface area contributed by atoms with Crippen LogP contribution in [-0.2, 0) is 0 Å². The van der Waals surface area contributed by atoms with E-state index in [4.69, 9.17) is 5.11 Å². The summed E-state index contributed by atoms with van der Waals surface area (Å²) in [5.74, 6) is -6.65. The van der Waals surface area contributed by atoms with Gasteiger partial charge in [-0.2, -0.15) is 13.2 Å². The Bertz CT molecular complexity index is 864. The number of carbonyl (C=O) groups is 1. The number of ether oxygens (including phenoxy) is 1. The normalized spacial score (nSPS) is 13.0. The van der Waals surface area contributed by atoms with Crippen LogP contribution in [-0.4, -0.2) is 24.4 Å². The van der Waals surface area contributed by atoms with Crippen molar-refractivity contribution in [1.82, 2.24) is 0 Å². The first kappa shape index (κ1) is 20.4. The minimum Gasteiger partial charge on any atom is -0.491 e. The molecule has 0 amide bonds. The van der Waals surface area contributed by atoms with Gasteiger partial charge in [-0.25, -0.2) is 13.6 Å². The number of methoxy groups -OCH3 is 1. The number of aromatic carboxylic acids is 1. The molecule has 2 rings (SSSR count). The summed E-state index contributed by atoms with van der Waals surface area (Å²) >= 11 is 0. The third-order valence-corrected chi connectivity index (χ3v) is 3.90. The predicted octanol–water partition coefficient (Wildman–Crippen LogP) is 5.34. The molecule has 0 bridgehead atoms. The van der Waals surface area contributed by atoms with Crippen molar-refractivity contribution >= 4 is 12.0 Å². The second-order valence-electron chi connectivity index (χ2n) is 5.78. The Morgan fingerprint density at radius 2 is 1.74 bits per heavy atom. The highest BCUT2D eigenvalue weighted by molar-refractivity contribution is 5.89. The van der Waals surface area contributed by atoms with Crippen LogP contribution >= 0.6 is 0 Å². The fourth-order valence-electron chi connectivity index (χ4n) is 2.60. The number of hydrogen-bond donors (Lipinski definition) is 1. The molecule has 0 fully saturated rings. The van der Waals surface area contributed by atoms with Crippen molar-refractivity contribution in [3.8, 4) is 5.75 Å². The average molecular weight is 386 g/mol. The van der Waals surface area contributed by atoms with Gasteiger partial charge in [0.2, 0.25) is 0 Å². The first-order valence-corrected chi connectivity index (χ1v) is 7.66. The number of carboxylic acid groups (broad SMARTS) is 1. The second kappa shape index (κ2) is 7.77. The number of rotatable bonds is 5. The van der Waals surface area contributed by atoms with Crippen molar-refractivity contribution in [3.05, 3.63) is 70.3 Å². The van der Waals surface area contributed by atoms with E-state index in [-0.39, 0.29) is 5.56 Å². The summed E-state index contributed by atoms with van der Waals surface area (Å²) in [6.07, 6.45) is -2.91. The topological polar surface area (TPSA) is 46.5 Å². The molecule has 0 spiro atoms. The van der Waals surface area contributed by atoms with Gasteiger partial charge in [0.1, 0.15) is 0 Å². The summed E-state index contributed by atoms with van der Waals surface area (Å²) in [5.41, 5.74) is 0.100. The molecule has 3 nitrogen and oxygen atoms in total. The van der Waals surface area contributed by atoms with Gasteiger partial charge >= 0.3 is 12.1 Å². The predicted molar refractivity (Wildman–Crippen MR) is 88.9 cm³/mol. The molecule has 8 heteroatoms. The Kier molecular flexibility index (Phi) is 5.88. The Morgan fingerprint density at radius 1 is 1.15 bits per heavy atom. The maximum atomic E-state index is 13.8. The van der Waals surface area contributed by atoms with Crippen molar-refractivity contribution in [3.63, 3.8) is 0 Å². The Morgan fingerprint density at radius 3 is 2.19 bits per heavy atom. The first-order chi connectivity index (χ1) is 12.5. The monoisotopic (exact) mass is 386 g/mol. The van der Waals surface area contributed by atoms with Gasteiger partial charge in [-0.05, 0) is 41.8 Å². The lowest BCUT2D eigenvalue weighted by Gasteiger charge is -2.18. The van der Waals surface area contributed by atoms with Gasteiger partial charge in [0.15, 0.2) is 17.4 Å². The van der Waals surface area contributed by atoms with Crippen molar-refractivity contribution < 1.29 is 36.6 Å². The van der Waals surface area contributed by atoms with Crippen LogP contribution < -0.4 is 4.74 Å². The number of benzene rings is 2. The van der Waals surface area contributed by atoms with Gasteiger partial charge < -0.3 is 9.84 Å². The van der Waals surface area contributed by atoms with Crippen LogP contribution in [0.5, 0.6) is 5.75 Å². The molecule has 0 aliphatic rings. The summed E-state index contributed by atoms with van der Waals surface area (Å²) < 4.78 is 72.2. The zero-order valence-corrected chi connectivity index (χ0v) is 14.3. The van der Waals surface area contributed by atoms with E-state index >= 15 is 0 Å². The molecule has 2 aromatic carbocycles. The van der Waals surface area contributed by atoms with Gasteiger partial charge in [-0.3, -0.25) is 0 Å². The quantitative estimate of drug-likeness (QED) is 0.706. The van der Waals surface area contributed by atoms with E-state index < -0.39 is 41.0 Å². The van der Waals surface area contributed by atoms with Gasteiger partial charge in [-0.15, -0.1) is 0 Å². The van der Waals surface area contributed by atoms with Gasteiger partial charge in [0.05, 0.1) is 18.6 Å². The first-order valence-electron chi connectivity index (χ1n) is 7.66. The molecule has 0 saturated heterocycles. The molecule has 1 N–H and O–H groups in total. The maximum Gasteiger partial charge on any atom is 0.399 e. The number of aryl methyl sites for hydroxylation is 1. The van der Waals surface area contributed by atoms with Crippen molar-refractivity contribution in [2.24, 2.45) is 0 Å². The van der Waals surface area contributed by atoms with Gasteiger partial charge in [0.25, 0.3) is 0 Å². The van der Waals surface area contributed by atoms with Crippen LogP contribution in [0.3, 0.4) is 0 Å². The highest BCUT2D eigenvalue weighted by atomic mass is 19.4. The Labute approximate surface area is 151 Å². The van der Waals surface area contributed by atoms with Crippen LogP contribution in [0.15, 0.2) is 36.4 Å². The molecule has 27 heavy (non-hydrogen) atoms. The molecule has 0 aliphatic heterocycles. The van der Waals surface area contributed by atoms with Crippen molar-refractivity contribution in [2.45, 2.75) is 19.0 Å². The molecular formula is C19H15F5O3. The largest absolute Gasteiger partial charge is 0.491 e. The smallest absolute Gasteiger partial charge is 0.399 e. The van der Waals surface area contributed by atoms with E-state index in [0.29, 0.717) is 23.3 Å². The molecule has 0 radical (unpaired) electrons. The molecule has 1 unspecified atom stereocenters. The van der Waals surface area contributed by atoms with Crippen LogP contribution in [0.1, 0.15) is 33.0 Å². The summed E-state index contributed by atoms with van der Waals surface area (Å²) in [4.78, 5) is 11.0. The van der Waals surface area contributed by atoms with Crippen molar-refractivity contribution in [1.29, 1.82) is 0 Å². The number of alkyl halides is 3.